The van der Waals surface area contributed by atoms with E-state index in [9.17, 15) is 19.2 Å². The van der Waals surface area contributed by atoms with E-state index in [0.29, 0.717) is 47.4 Å². The molecule has 0 unspecified atom stereocenters. The fraction of sp³-hybridized carbons (Fsp3) is 0.348. The molecular weight excluding hydrogens is 396 g/mol. The molecule has 1 aromatic carbocycles. The van der Waals surface area contributed by atoms with Crippen LogP contribution in [0, 0.1) is 5.41 Å². The Balaban J connectivity index is 1.67. The molecule has 0 aliphatic heterocycles. The normalized spacial score (nSPS) is 15.0. The molecule has 8 heteroatoms. The number of pyridine rings is 1. The highest BCUT2D eigenvalue weighted by Crippen LogP contribution is 2.33. The Labute approximate surface area is 178 Å². The van der Waals surface area contributed by atoms with Crippen LogP contribution in [0.5, 0.6) is 0 Å². The Morgan fingerprint density at radius 1 is 1.10 bits per heavy atom. The zero-order valence-electron chi connectivity index (χ0n) is 17.7. The van der Waals surface area contributed by atoms with Gasteiger partial charge in [-0.3, -0.25) is 19.2 Å². The van der Waals surface area contributed by atoms with E-state index in [1.54, 1.807) is 31.2 Å². The third-order valence-electron chi connectivity index (χ3n) is 5.62. The summed E-state index contributed by atoms with van der Waals surface area (Å²) in [4.78, 5) is 62.0. The van der Waals surface area contributed by atoms with E-state index < -0.39 is 11.5 Å². The van der Waals surface area contributed by atoms with Gasteiger partial charge in [-0.1, -0.05) is 26.0 Å². The summed E-state index contributed by atoms with van der Waals surface area (Å²) in [6.45, 7) is 6.06. The minimum atomic E-state index is -0.521. The molecule has 3 aromatic rings. The van der Waals surface area contributed by atoms with E-state index in [1.807, 2.05) is 13.8 Å². The number of nitrogens with one attached hydrogen (secondary N) is 2. The molecule has 2 aromatic heterocycles. The van der Waals surface area contributed by atoms with Crippen LogP contribution >= 0.6 is 0 Å². The molecule has 1 amide bonds. The highest BCUT2D eigenvalue weighted by atomic mass is 16.2. The summed E-state index contributed by atoms with van der Waals surface area (Å²) in [5, 5.41) is 0.466. The minimum absolute atomic E-state index is 0.0346. The van der Waals surface area contributed by atoms with Gasteiger partial charge in [-0.05, 0) is 37.0 Å². The molecule has 0 saturated carbocycles. The fourth-order valence-electron chi connectivity index (χ4n) is 4.07. The van der Waals surface area contributed by atoms with Gasteiger partial charge < -0.3 is 14.9 Å². The fourth-order valence-corrected chi connectivity index (χ4v) is 4.07. The van der Waals surface area contributed by atoms with Crippen LogP contribution in [0.4, 0.5) is 0 Å². The molecule has 31 heavy (non-hydrogen) atoms. The van der Waals surface area contributed by atoms with Crippen molar-refractivity contribution >= 4 is 22.6 Å². The first-order valence-corrected chi connectivity index (χ1v) is 10.2. The number of carbonyl (C=O) groups excluding carboxylic acids is 2. The predicted molar refractivity (Wildman–Crippen MR) is 116 cm³/mol. The summed E-state index contributed by atoms with van der Waals surface area (Å²) in [6, 6.07) is 8.36. The van der Waals surface area contributed by atoms with Gasteiger partial charge in [0.25, 0.3) is 17.0 Å². The van der Waals surface area contributed by atoms with Gasteiger partial charge >= 0.3 is 0 Å². The van der Waals surface area contributed by atoms with Crippen LogP contribution in [0.2, 0.25) is 0 Å². The molecule has 0 spiro atoms. The van der Waals surface area contributed by atoms with Crippen molar-refractivity contribution in [3.63, 3.8) is 0 Å². The zero-order chi connectivity index (χ0) is 22.3. The van der Waals surface area contributed by atoms with Gasteiger partial charge in [0.2, 0.25) is 0 Å². The number of H-pyrrole nitrogens is 2. The monoisotopic (exact) mass is 420 g/mol. The average Bonchev–Trinajstić information content (AvgIpc) is 2.70. The number of Topliss-reactive ketones (excluding diaryl/α,β-unsaturated/α-hetero) is 1. The summed E-state index contributed by atoms with van der Waals surface area (Å²) in [5.41, 5.74) is 0.377. The lowest BCUT2D eigenvalue weighted by atomic mass is 9.75. The molecule has 0 bridgehead atoms. The number of rotatable bonds is 4. The summed E-state index contributed by atoms with van der Waals surface area (Å²) < 4.78 is 0. The van der Waals surface area contributed by atoms with Crippen molar-refractivity contribution in [3.8, 4) is 0 Å². The van der Waals surface area contributed by atoms with Crippen LogP contribution in [0.15, 0.2) is 39.9 Å². The van der Waals surface area contributed by atoms with Gasteiger partial charge in [-0.2, -0.15) is 0 Å². The molecule has 0 atom stereocenters. The number of benzene rings is 1. The Morgan fingerprint density at radius 2 is 1.84 bits per heavy atom. The number of aromatic nitrogens is 3. The van der Waals surface area contributed by atoms with Crippen molar-refractivity contribution in [2.24, 2.45) is 5.41 Å². The van der Waals surface area contributed by atoms with E-state index >= 15 is 0 Å². The number of amides is 1. The van der Waals surface area contributed by atoms with Crippen molar-refractivity contribution in [2.75, 3.05) is 6.54 Å². The van der Waals surface area contributed by atoms with E-state index in [-0.39, 0.29) is 28.9 Å². The Hall–Kier alpha value is -3.55. The summed E-state index contributed by atoms with van der Waals surface area (Å²) in [7, 11) is 0. The van der Waals surface area contributed by atoms with Crippen LogP contribution in [-0.2, 0) is 13.0 Å². The lowest BCUT2D eigenvalue weighted by Gasteiger charge is -2.30. The lowest BCUT2D eigenvalue weighted by Crippen LogP contribution is -2.37. The largest absolute Gasteiger partial charge is 0.331 e. The number of ketones is 1. The highest BCUT2D eigenvalue weighted by Gasteiger charge is 2.33. The maximum atomic E-state index is 13.1. The Morgan fingerprint density at radius 3 is 2.58 bits per heavy atom. The summed E-state index contributed by atoms with van der Waals surface area (Å²) >= 11 is 0. The molecule has 4 rings (SSSR count). The number of hydrogen-bond acceptors (Lipinski definition) is 5. The smallest absolute Gasteiger partial charge is 0.261 e. The number of nitrogens with zero attached hydrogens (tertiary/aromatic N) is 2. The van der Waals surface area contributed by atoms with Crippen LogP contribution in [0.1, 0.15) is 59.4 Å². The molecular formula is C23H24N4O4. The standard InChI is InChI=1S/C23H24N4O4/c1-4-27(12-19-24-16-8-6-5-7-13(16)20(29)26-19)22(31)15-9-14-17(25-21(15)30)10-23(2,3)11-18(14)28/h5-9H,4,10-12H2,1-3H3,(H,25,30)(H,24,26,29). The van der Waals surface area contributed by atoms with Gasteiger partial charge in [0.1, 0.15) is 11.4 Å². The number of aromatic amines is 2. The minimum Gasteiger partial charge on any atom is -0.331 e. The van der Waals surface area contributed by atoms with E-state index in [0.717, 1.165) is 0 Å². The molecule has 1 aliphatic rings. The van der Waals surface area contributed by atoms with Gasteiger partial charge in [0.05, 0.1) is 17.4 Å². The second-order valence-electron chi connectivity index (χ2n) is 8.69. The van der Waals surface area contributed by atoms with Crippen LogP contribution in [0.25, 0.3) is 10.9 Å². The van der Waals surface area contributed by atoms with Gasteiger partial charge in [0, 0.05) is 24.2 Å². The van der Waals surface area contributed by atoms with Crippen molar-refractivity contribution in [1.82, 2.24) is 19.9 Å². The first kappa shape index (κ1) is 20.7. The van der Waals surface area contributed by atoms with Gasteiger partial charge in [-0.15, -0.1) is 0 Å². The molecule has 0 radical (unpaired) electrons. The summed E-state index contributed by atoms with van der Waals surface area (Å²) in [6.07, 6.45) is 0.928. The van der Waals surface area contributed by atoms with Crippen molar-refractivity contribution in [1.29, 1.82) is 0 Å². The Kier molecular flexibility index (Phi) is 5.08. The highest BCUT2D eigenvalue weighted by molar-refractivity contribution is 6.02. The topological polar surface area (TPSA) is 116 Å². The second-order valence-corrected chi connectivity index (χ2v) is 8.69. The molecule has 2 N–H and O–H groups in total. The van der Waals surface area contributed by atoms with Crippen LogP contribution < -0.4 is 11.1 Å². The van der Waals surface area contributed by atoms with E-state index in [1.165, 1.54) is 11.0 Å². The molecule has 0 fully saturated rings. The van der Waals surface area contributed by atoms with Crippen molar-refractivity contribution in [2.45, 2.75) is 40.2 Å². The number of para-hydroxylation sites is 1. The quantitative estimate of drug-likeness (QED) is 0.672. The molecule has 0 saturated heterocycles. The molecule has 2 heterocycles. The average molecular weight is 420 g/mol. The van der Waals surface area contributed by atoms with Crippen molar-refractivity contribution < 1.29 is 9.59 Å². The molecule has 1 aliphatic carbocycles. The van der Waals surface area contributed by atoms with Crippen LogP contribution in [-0.4, -0.2) is 38.1 Å². The SMILES string of the molecule is CCN(Cc1nc2ccccc2c(=O)[nH]1)C(=O)c1cc2c([nH]c1=O)CC(C)(C)CC2=O. The van der Waals surface area contributed by atoms with Crippen molar-refractivity contribution in [3.05, 3.63) is 73.7 Å². The third kappa shape index (κ3) is 3.93. The predicted octanol–water partition coefficient (Wildman–Crippen LogP) is 2.43. The van der Waals surface area contributed by atoms with E-state index in [4.69, 9.17) is 0 Å². The third-order valence-corrected chi connectivity index (χ3v) is 5.62. The lowest BCUT2D eigenvalue weighted by molar-refractivity contribution is 0.0746. The maximum absolute atomic E-state index is 13.1. The maximum Gasteiger partial charge on any atom is 0.261 e. The molecule has 160 valence electrons. The first-order chi connectivity index (χ1) is 14.7. The molecule has 8 nitrogen and oxygen atoms in total. The first-order valence-electron chi connectivity index (χ1n) is 10.2. The Bertz CT molecular complexity index is 1320. The van der Waals surface area contributed by atoms with Crippen LogP contribution in [0.3, 0.4) is 0 Å². The van der Waals surface area contributed by atoms with E-state index in [2.05, 4.69) is 15.0 Å². The number of carbonyl (C=O) groups is 2. The van der Waals surface area contributed by atoms with Gasteiger partial charge in [0.15, 0.2) is 5.78 Å². The van der Waals surface area contributed by atoms with Gasteiger partial charge in [-0.25, -0.2) is 4.98 Å². The number of fused-ring (bicyclic) bond motifs is 2. The number of hydrogen-bond donors (Lipinski definition) is 2. The zero-order valence-corrected chi connectivity index (χ0v) is 17.7. The summed E-state index contributed by atoms with van der Waals surface area (Å²) in [5.74, 6) is -0.272. The second kappa shape index (κ2) is 7.61.